The fraction of sp³-hybridized carbons (Fsp3) is 0.444. The van der Waals surface area contributed by atoms with Gasteiger partial charge in [0.25, 0.3) is 0 Å². The Kier molecular flexibility index (Phi) is 3.50. The number of hydrogen-bond acceptors (Lipinski definition) is 4. The maximum absolute atomic E-state index is 11.7. The van der Waals surface area contributed by atoms with E-state index in [4.69, 9.17) is 10.9 Å². The van der Waals surface area contributed by atoms with Crippen molar-refractivity contribution in [3.05, 3.63) is 11.5 Å². The van der Waals surface area contributed by atoms with Crippen molar-refractivity contribution < 1.29 is 12.9 Å². The van der Waals surface area contributed by atoms with E-state index in [9.17, 15) is 8.42 Å². The molecule has 0 aliphatic rings. The topological polar surface area (TPSA) is 72.2 Å². The van der Waals surface area contributed by atoms with E-state index in [-0.39, 0.29) is 17.2 Å². The van der Waals surface area contributed by atoms with Crippen LogP contribution in [0.5, 0.6) is 0 Å². The Hall–Kier alpha value is -1.32. The third-order valence-corrected chi connectivity index (χ3v) is 3.50. The van der Waals surface area contributed by atoms with Crippen molar-refractivity contribution in [1.82, 2.24) is 9.88 Å². The summed E-state index contributed by atoms with van der Waals surface area (Å²) in [5, 5.41) is 3.58. The average Bonchev–Trinajstić information content (AvgIpc) is 2.46. The van der Waals surface area contributed by atoms with Gasteiger partial charge in [-0.25, -0.2) is 13.1 Å². The fourth-order valence-corrected chi connectivity index (χ4v) is 2.55. The molecule has 0 atom stereocenters. The SMILES string of the molecule is C#CCCNS(=O)(=O)c1c(C)noc1C. The second-order valence-electron chi connectivity index (χ2n) is 3.01. The first-order chi connectivity index (χ1) is 6.99. The molecule has 82 valence electrons. The lowest BCUT2D eigenvalue weighted by atomic mass is 10.4. The monoisotopic (exact) mass is 228 g/mol. The van der Waals surface area contributed by atoms with Crippen LogP contribution in [0.4, 0.5) is 0 Å². The summed E-state index contributed by atoms with van der Waals surface area (Å²) in [6, 6.07) is 0. The molecule has 1 aromatic rings. The molecule has 6 heteroatoms. The molecule has 0 radical (unpaired) electrons. The number of terminal acetylenes is 1. The van der Waals surface area contributed by atoms with Crippen LogP contribution < -0.4 is 4.72 Å². The molecule has 0 aromatic carbocycles. The molecule has 5 nitrogen and oxygen atoms in total. The number of sulfonamides is 1. The van der Waals surface area contributed by atoms with Crippen molar-refractivity contribution in [2.45, 2.75) is 25.2 Å². The van der Waals surface area contributed by atoms with Gasteiger partial charge in [-0.15, -0.1) is 12.3 Å². The predicted molar refractivity (Wildman–Crippen MR) is 54.6 cm³/mol. The van der Waals surface area contributed by atoms with Gasteiger partial charge in [-0.3, -0.25) is 0 Å². The van der Waals surface area contributed by atoms with Crippen LogP contribution in [0.1, 0.15) is 17.9 Å². The molecular formula is C9H12N2O3S. The van der Waals surface area contributed by atoms with Crippen LogP contribution >= 0.6 is 0 Å². The Balaban J connectivity index is 2.93. The zero-order valence-corrected chi connectivity index (χ0v) is 9.39. The van der Waals surface area contributed by atoms with Crippen LogP contribution in [0, 0.1) is 26.2 Å². The zero-order chi connectivity index (χ0) is 11.5. The number of hydrogen-bond donors (Lipinski definition) is 1. The summed E-state index contributed by atoms with van der Waals surface area (Å²) in [6.45, 7) is 3.34. The van der Waals surface area contributed by atoms with E-state index in [2.05, 4.69) is 15.8 Å². The lowest BCUT2D eigenvalue weighted by molar-refractivity contribution is 0.390. The van der Waals surface area contributed by atoms with Crippen LogP contribution in [-0.4, -0.2) is 20.1 Å². The minimum absolute atomic E-state index is 0.0968. The third kappa shape index (κ3) is 2.58. The number of nitrogens with one attached hydrogen (secondary N) is 1. The molecular weight excluding hydrogens is 216 g/mol. The summed E-state index contributed by atoms with van der Waals surface area (Å²) in [5.74, 6) is 2.63. The highest BCUT2D eigenvalue weighted by molar-refractivity contribution is 7.89. The van der Waals surface area contributed by atoms with Crippen LogP contribution in [0.15, 0.2) is 9.42 Å². The second-order valence-corrected chi connectivity index (χ2v) is 4.71. The first-order valence-corrected chi connectivity index (χ1v) is 5.83. The first-order valence-electron chi connectivity index (χ1n) is 4.35. The van der Waals surface area contributed by atoms with Gasteiger partial charge in [0, 0.05) is 13.0 Å². The number of aryl methyl sites for hydroxylation is 2. The molecule has 1 N–H and O–H groups in total. The second kappa shape index (κ2) is 4.47. The standard InChI is InChI=1S/C9H12N2O3S/c1-4-5-6-10-15(12,13)9-7(2)11-14-8(9)3/h1,10H,5-6H2,2-3H3. The van der Waals surface area contributed by atoms with Gasteiger partial charge < -0.3 is 4.52 Å². The molecule has 0 spiro atoms. The van der Waals surface area contributed by atoms with E-state index in [0.29, 0.717) is 12.1 Å². The van der Waals surface area contributed by atoms with E-state index in [1.54, 1.807) is 13.8 Å². The molecule has 1 rings (SSSR count). The van der Waals surface area contributed by atoms with Gasteiger partial charge in [0.1, 0.15) is 10.6 Å². The number of aromatic nitrogens is 1. The first kappa shape index (κ1) is 11.8. The van der Waals surface area contributed by atoms with E-state index in [1.165, 1.54) is 0 Å². The molecule has 0 aliphatic carbocycles. The highest BCUT2D eigenvalue weighted by Crippen LogP contribution is 2.18. The molecule has 0 unspecified atom stereocenters. The molecule has 0 saturated heterocycles. The maximum Gasteiger partial charge on any atom is 0.245 e. The Morgan fingerprint density at radius 1 is 1.53 bits per heavy atom. The van der Waals surface area contributed by atoms with Gasteiger partial charge in [0.15, 0.2) is 5.76 Å². The van der Waals surface area contributed by atoms with Crippen molar-refractivity contribution in [1.29, 1.82) is 0 Å². The Morgan fingerprint density at radius 3 is 2.67 bits per heavy atom. The van der Waals surface area contributed by atoms with Crippen molar-refractivity contribution >= 4 is 10.0 Å². The van der Waals surface area contributed by atoms with Gasteiger partial charge in [0.2, 0.25) is 10.0 Å². The molecule has 0 bridgehead atoms. The molecule has 0 aliphatic heterocycles. The quantitative estimate of drug-likeness (QED) is 0.605. The van der Waals surface area contributed by atoms with Gasteiger partial charge in [-0.1, -0.05) is 5.16 Å². The summed E-state index contributed by atoms with van der Waals surface area (Å²) in [6.07, 6.45) is 5.37. The molecule has 1 aromatic heterocycles. The number of rotatable bonds is 4. The summed E-state index contributed by atoms with van der Waals surface area (Å²) < 4.78 is 30.6. The Labute approximate surface area is 88.9 Å². The lowest BCUT2D eigenvalue weighted by Crippen LogP contribution is -2.25. The third-order valence-electron chi connectivity index (χ3n) is 1.80. The summed E-state index contributed by atoms with van der Waals surface area (Å²) in [5.41, 5.74) is 0.348. The van der Waals surface area contributed by atoms with E-state index < -0.39 is 10.0 Å². The van der Waals surface area contributed by atoms with E-state index in [0.717, 1.165) is 0 Å². The summed E-state index contributed by atoms with van der Waals surface area (Å²) in [7, 11) is -3.55. The smallest absolute Gasteiger partial charge is 0.245 e. The summed E-state index contributed by atoms with van der Waals surface area (Å²) >= 11 is 0. The van der Waals surface area contributed by atoms with E-state index >= 15 is 0 Å². The molecule has 0 saturated carbocycles. The van der Waals surface area contributed by atoms with Gasteiger partial charge in [-0.2, -0.15) is 0 Å². The zero-order valence-electron chi connectivity index (χ0n) is 8.57. The van der Waals surface area contributed by atoms with Crippen molar-refractivity contribution in [3.8, 4) is 12.3 Å². The highest BCUT2D eigenvalue weighted by Gasteiger charge is 2.23. The van der Waals surface area contributed by atoms with Gasteiger partial charge in [-0.05, 0) is 13.8 Å². The maximum atomic E-state index is 11.7. The highest BCUT2D eigenvalue weighted by atomic mass is 32.2. The minimum Gasteiger partial charge on any atom is -0.360 e. The molecule has 15 heavy (non-hydrogen) atoms. The van der Waals surface area contributed by atoms with Crippen LogP contribution in [0.2, 0.25) is 0 Å². The van der Waals surface area contributed by atoms with Crippen molar-refractivity contribution in [2.24, 2.45) is 0 Å². The lowest BCUT2D eigenvalue weighted by Gasteiger charge is -2.03. The van der Waals surface area contributed by atoms with Crippen LogP contribution in [-0.2, 0) is 10.0 Å². The number of nitrogens with zero attached hydrogens (tertiary/aromatic N) is 1. The summed E-state index contributed by atoms with van der Waals surface area (Å²) in [4.78, 5) is 0.0968. The average molecular weight is 228 g/mol. The van der Waals surface area contributed by atoms with Crippen LogP contribution in [0.3, 0.4) is 0 Å². The van der Waals surface area contributed by atoms with Crippen LogP contribution in [0.25, 0.3) is 0 Å². The molecule has 0 fully saturated rings. The molecule has 1 heterocycles. The largest absolute Gasteiger partial charge is 0.360 e. The van der Waals surface area contributed by atoms with Crippen molar-refractivity contribution in [2.75, 3.05) is 6.54 Å². The van der Waals surface area contributed by atoms with Gasteiger partial charge in [0.05, 0.1) is 0 Å². The van der Waals surface area contributed by atoms with Crippen molar-refractivity contribution in [3.63, 3.8) is 0 Å². The Bertz CT molecular complexity index is 462. The minimum atomic E-state index is -3.55. The van der Waals surface area contributed by atoms with E-state index in [1.807, 2.05) is 0 Å². The fourth-order valence-electron chi connectivity index (χ4n) is 1.19. The molecule has 0 amide bonds. The normalized spacial score (nSPS) is 11.3. The predicted octanol–water partition coefficient (Wildman–Crippen LogP) is 0.593. The Morgan fingerprint density at radius 2 is 2.20 bits per heavy atom. The van der Waals surface area contributed by atoms with Gasteiger partial charge >= 0.3 is 0 Å².